The Morgan fingerprint density at radius 3 is 2.27 bits per heavy atom. The van der Waals surface area contributed by atoms with Gasteiger partial charge >= 0.3 is 0 Å². The number of sulfonamides is 1. The maximum atomic E-state index is 12.5. The van der Waals surface area contributed by atoms with Crippen LogP contribution in [0.4, 0.5) is 0 Å². The Kier molecular flexibility index (Phi) is 6.60. The molecule has 30 heavy (non-hydrogen) atoms. The Bertz CT molecular complexity index is 1130. The summed E-state index contributed by atoms with van der Waals surface area (Å²) in [4.78, 5) is 16.8. The lowest BCUT2D eigenvalue weighted by Gasteiger charge is -2.19. The van der Waals surface area contributed by atoms with Crippen molar-refractivity contribution in [2.75, 3.05) is 0 Å². The smallest absolute Gasteiger partial charge is 0.241 e. The molecule has 2 aromatic carbocycles. The highest BCUT2D eigenvalue weighted by molar-refractivity contribution is 7.89. The molecule has 3 aromatic rings. The van der Waals surface area contributed by atoms with Crippen molar-refractivity contribution in [2.45, 2.75) is 37.8 Å². The summed E-state index contributed by atoms with van der Waals surface area (Å²) in [5.74, 6) is 0.459. The Labute approximate surface area is 181 Å². The minimum Gasteiger partial charge on any atom is -0.348 e. The standard InChI is InChI=1S/C21H23ClN4O3S/c1-14(17-4-8-19(9-5-17)26-13-12-23-16(26)3)24-21(27)15(2)25-30(28,29)20-10-6-18(22)7-11-20/h4-15,25H,1-3H3,(H,24,27)/t14?,15-/m0/s1. The van der Waals surface area contributed by atoms with Crippen LogP contribution in [0.1, 0.15) is 31.3 Å². The molecule has 0 fully saturated rings. The van der Waals surface area contributed by atoms with Crippen LogP contribution in [-0.4, -0.2) is 29.9 Å². The van der Waals surface area contributed by atoms with Gasteiger partial charge in [-0.25, -0.2) is 13.4 Å². The van der Waals surface area contributed by atoms with Crippen molar-refractivity contribution in [3.8, 4) is 5.69 Å². The zero-order chi connectivity index (χ0) is 21.9. The predicted molar refractivity (Wildman–Crippen MR) is 116 cm³/mol. The van der Waals surface area contributed by atoms with E-state index in [1.54, 1.807) is 6.20 Å². The zero-order valence-electron chi connectivity index (χ0n) is 16.8. The van der Waals surface area contributed by atoms with Crippen molar-refractivity contribution in [1.82, 2.24) is 19.6 Å². The average molecular weight is 447 g/mol. The van der Waals surface area contributed by atoms with E-state index in [4.69, 9.17) is 11.6 Å². The highest BCUT2D eigenvalue weighted by atomic mass is 35.5. The Hall–Kier alpha value is -2.68. The molecule has 1 amide bonds. The molecule has 1 aromatic heterocycles. The van der Waals surface area contributed by atoms with E-state index in [9.17, 15) is 13.2 Å². The van der Waals surface area contributed by atoms with E-state index < -0.39 is 22.0 Å². The van der Waals surface area contributed by atoms with Gasteiger partial charge in [0.25, 0.3) is 0 Å². The third-order valence-electron chi connectivity index (χ3n) is 4.70. The van der Waals surface area contributed by atoms with Gasteiger partial charge in [-0.2, -0.15) is 4.72 Å². The van der Waals surface area contributed by atoms with Crippen LogP contribution in [0, 0.1) is 6.92 Å². The lowest BCUT2D eigenvalue weighted by Crippen LogP contribution is -2.45. The first-order chi connectivity index (χ1) is 14.2. The number of carbonyl (C=O) groups is 1. The van der Waals surface area contributed by atoms with Crippen molar-refractivity contribution in [2.24, 2.45) is 0 Å². The third-order valence-corrected chi connectivity index (χ3v) is 6.51. The summed E-state index contributed by atoms with van der Waals surface area (Å²) in [5.41, 5.74) is 1.87. The van der Waals surface area contributed by atoms with Crippen molar-refractivity contribution >= 4 is 27.5 Å². The average Bonchev–Trinajstić information content (AvgIpc) is 3.14. The maximum absolute atomic E-state index is 12.5. The number of rotatable bonds is 7. The topological polar surface area (TPSA) is 93.1 Å². The molecule has 0 spiro atoms. The van der Waals surface area contributed by atoms with Gasteiger partial charge in [-0.15, -0.1) is 0 Å². The number of nitrogens with one attached hydrogen (secondary N) is 2. The first-order valence-corrected chi connectivity index (χ1v) is 11.2. The van der Waals surface area contributed by atoms with Crippen LogP contribution in [0.3, 0.4) is 0 Å². The van der Waals surface area contributed by atoms with E-state index in [1.807, 2.05) is 48.9 Å². The molecule has 158 valence electrons. The van der Waals surface area contributed by atoms with Crippen molar-refractivity contribution in [3.05, 3.63) is 77.3 Å². The van der Waals surface area contributed by atoms with Crippen LogP contribution in [0.25, 0.3) is 5.69 Å². The second-order valence-electron chi connectivity index (χ2n) is 6.96. The lowest BCUT2D eigenvalue weighted by atomic mass is 10.1. The maximum Gasteiger partial charge on any atom is 0.241 e. The van der Waals surface area contributed by atoms with Gasteiger partial charge in [0.2, 0.25) is 15.9 Å². The van der Waals surface area contributed by atoms with Gasteiger partial charge in [-0.3, -0.25) is 4.79 Å². The summed E-state index contributed by atoms with van der Waals surface area (Å²) in [6.07, 6.45) is 3.61. The minimum atomic E-state index is -3.83. The molecule has 0 saturated heterocycles. The Morgan fingerprint density at radius 2 is 1.70 bits per heavy atom. The van der Waals surface area contributed by atoms with Crippen LogP contribution in [0.15, 0.2) is 65.8 Å². The van der Waals surface area contributed by atoms with Crippen molar-refractivity contribution < 1.29 is 13.2 Å². The second kappa shape index (κ2) is 8.99. The zero-order valence-corrected chi connectivity index (χ0v) is 18.4. The molecule has 1 unspecified atom stereocenters. The number of nitrogens with zero attached hydrogens (tertiary/aromatic N) is 2. The van der Waals surface area contributed by atoms with Crippen LogP contribution in [-0.2, 0) is 14.8 Å². The molecule has 2 atom stereocenters. The quantitative estimate of drug-likeness (QED) is 0.581. The molecule has 7 nitrogen and oxygen atoms in total. The van der Waals surface area contributed by atoms with E-state index in [0.29, 0.717) is 5.02 Å². The number of benzene rings is 2. The summed E-state index contributed by atoms with van der Waals surface area (Å²) in [7, 11) is -3.83. The molecule has 1 heterocycles. The molecule has 0 aliphatic carbocycles. The number of amides is 1. The van der Waals surface area contributed by atoms with Crippen LogP contribution in [0.5, 0.6) is 0 Å². The summed E-state index contributed by atoms with van der Waals surface area (Å²) < 4.78 is 29.2. The summed E-state index contributed by atoms with van der Waals surface area (Å²) in [6.45, 7) is 5.26. The molecular weight excluding hydrogens is 424 g/mol. The van der Waals surface area contributed by atoms with Crippen LogP contribution in [0.2, 0.25) is 5.02 Å². The third kappa shape index (κ3) is 5.08. The van der Waals surface area contributed by atoms with Gasteiger partial charge in [-0.1, -0.05) is 23.7 Å². The summed E-state index contributed by atoms with van der Waals surface area (Å²) >= 11 is 5.80. The molecule has 0 bridgehead atoms. The van der Waals surface area contributed by atoms with Gasteiger partial charge < -0.3 is 9.88 Å². The van der Waals surface area contributed by atoms with E-state index in [1.165, 1.54) is 31.2 Å². The van der Waals surface area contributed by atoms with E-state index >= 15 is 0 Å². The van der Waals surface area contributed by atoms with Gasteiger partial charge in [0.15, 0.2) is 0 Å². The monoisotopic (exact) mass is 446 g/mol. The number of aryl methyl sites for hydroxylation is 1. The molecule has 2 N–H and O–H groups in total. The molecule has 0 aliphatic rings. The number of carbonyl (C=O) groups excluding carboxylic acids is 1. The van der Waals surface area contributed by atoms with Crippen molar-refractivity contribution in [1.29, 1.82) is 0 Å². The van der Waals surface area contributed by atoms with Crippen molar-refractivity contribution in [3.63, 3.8) is 0 Å². The van der Waals surface area contributed by atoms with Crippen LogP contribution < -0.4 is 10.0 Å². The molecular formula is C21H23ClN4O3S. The molecule has 0 aliphatic heterocycles. The number of halogens is 1. The van der Waals surface area contributed by atoms with Crippen LogP contribution >= 0.6 is 11.6 Å². The normalized spacial score (nSPS) is 13.6. The fraction of sp³-hybridized carbons (Fsp3) is 0.238. The fourth-order valence-electron chi connectivity index (χ4n) is 2.96. The Balaban J connectivity index is 1.63. The van der Waals surface area contributed by atoms with E-state index in [-0.39, 0.29) is 10.9 Å². The second-order valence-corrected chi connectivity index (χ2v) is 9.11. The number of aromatic nitrogens is 2. The number of hydrogen-bond donors (Lipinski definition) is 2. The highest BCUT2D eigenvalue weighted by Gasteiger charge is 2.23. The highest BCUT2D eigenvalue weighted by Crippen LogP contribution is 2.18. The minimum absolute atomic E-state index is 0.0463. The SMILES string of the molecule is Cc1nccn1-c1ccc(C(C)NC(=O)[C@H](C)NS(=O)(=O)c2ccc(Cl)cc2)cc1. The molecule has 3 rings (SSSR count). The van der Waals surface area contributed by atoms with Gasteiger partial charge in [0, 0.05) is 23.1 Å². The molecule has 0 radical (unpaired) electrons. The summed E-state index contributed by atoms with van der Waals surface area (Å²) in [6, 6.07) is 12.2. The predicted octanol–water partition coefficient (Wildman–Crippen LogP) is 3.38. The van der Waals surface area contributed by atoms with Gasteiger partial charge in [-0.05, 0) is 62.7 Å². The first-order valence-electron chi connectivity index (χ1n) is 9.36. The molecule has 0 saturated carbocycles. The fourth-order valence-corrected chi connectivity index (χ4v) is 4.29. The first kappa shape index (κ1) is 22.0. The lowest BCUT2D eigenvalue weighted by molar-refractivity contribution is -0.123. The van der Waals surface area contributed by atoms with E-state index in [0.717, 1.165) is 17.1 Å². The number of imidazole rings is 1. The molecule has 9 heteroatoms. The largest absolute Gasteiger partial charge is 0.348 e. The van der Waals surface area contributed by atoms with Gasteiger partial charge in [0.05, 0.1) is 17.0 Å². The van der Waals surface area contributed by atoms with E-state index in [2.05, 4.69) is 15.0 Å². The number of hydrogen-bond acceptors (Lipinski definition) is 4. The summed E-state index contributed by atoms with van der Waals surface area (Å²) in [5, 5.41) is 3.27. The van der Waals surface area contributed by atoms with Gasteiger partial charge in [0.1, 0.15) is 5.82 Å². The Morgan fingerprint density at radius 1 is 1.07 bits per heavy atom.